The largest absolute Gasteiger partial charge is 0.396 e. The highest BCUT2D eigenvalue weighted by Gasteiger charge is 2.24. The number of hydrogen-bond donors (Lipinski definition) is 1. The van der Waals surface area contributed by atoms with Crippen molar-refractivity contribution in [2.45, 2.75) is 51.7 Å². The van der Waals surface area contributed by atoms with Crippen LogP contribution in [-0.4, -0.2) is 39.0 Å². The first kappa shape index (κ1) is 12.6. The monoisotopic (exact) mass is 237 g/mol. The van der Waals surface area contributed by atoms with Crippen LogP contribution in [-0.2, 0) is 13.1 Å². The number of likely N-dealkylation sites (tertiary alicyclic amines) is 1. The molecule has 0 spiro atoms. The molecular weight excluding hydrogens is 214 g/mol. The fourth-order valence-corrected chi connectivity index (χ4v) is 2.65. The van der Waals surface area contributed by atoms with Crippen molar-refractivity contribution in [3.05, 3.63) is 18.0 Å². The Bertz CT molecular complexity index is 337. The summed E-state index contributed by atoms with van der Waals surface area (Å²) in [5, 5.41) is 13.2. The molecule has 96 valence electrons. The number of aromatic nitrogens is 2. The zero-order valence-electron chi connectivity index (χ0n) is 10.7. The van der Waals surface area contributed by atoms with E-state index in [-0.39, 0.29) is 0 Å². The molecule has 0 radical (unpaired) electrons. The lowest BCUT2D eigenvalue weighted by Gasteiger charge is -2.23. The SMILES string of the molecule is CCn1cc(CN2CCCC2CCCO)cn1. The molecule has 1 fully saturated rings. The highest BCUT2D eigenvalue weighted by atomic mass is 16.2. The van der Waals surface area contributed by atoms with E-state index in [1.165, 1.54) is 24.9 Å². The van der Waals surface area contributed by atoms with Gasteiger partial charge in [0.1, 0.15) is 0 Å². The second-order valence-electron chi connectivity index (χ2n) is 4.84. The second-order valence-corrected chi connectivity index (χ2v) is 4.84. The Morgan fingerprint density at radius 3 is 3.12 bits per heavy atom. The van der Waals surface area contributed by atoms with Crippen LogP contribution >= 0.6 is 0 Å². The predicted molar refractivity (Wildman–Crippen MR) is 67.7 cm³/mol. The smallest absolute Gasteiger partial charge is 0.0534 e. The Labute approximate surface area is 103 Å². The van der Waals surface area contributed by atoms with Gasteiger partial charge in [0.05, 0.1) is 6.20 Å². The highest BCUT2D eigenvalue weighted by Crippen LogP contribution is 2.23. The maximum atomic E-state index is 8.91. The van der Waals surface area contributed by atoms with Crippen molar-refractivity contribution < 1.29 is 5.11 Å². The van der Waals surface area contributed by atoms with E-state index in [4.69, 9.17) is 5.11 Å². The summed E-state index contributed by atoms with van der Waals surface area (Å²) < 4.78 is 1.98. The summed E-state index contributed by atoms with van der Waals surface area (Å²) in [5.74, 6) is 0. The predicted octanol–water partition coefficient (Wildman–Crippen LogP) is 1.64. The Morgan fingerprint density at radius 2 is 2.41 bits per heavy atom. The van der Waals surface area contributed by atoms with E-state index in [0.29, 0.717) is 12.6 Å². The molecule has 0 bridgehead atoms. The lowest BCUT2D eigenvalue weighted by Crippen LogP contribution is -2.28. The molecule has 0 saturated carbocycles. The van der Waals surface area contributed by atoms with Gasteiger partial charge in [-0.25, -0.2) is 0 Å². The average Bonchev–Trinajstić information content (AvgIpc) is 2.96. The standard InChI is InChI=1S/C13H23N3O/c1-2-16-11-12(9-14-16)10-15-7-3-5-13(15)6-4-8-17/h9,11,13,17H,2-8,10H2,1H3. The number of rotatable bonds is 6. The van der Waals surface area contributed by atoms with Gasteiger partial charge >= 0.3 is 0 Å². The number of aryl methyl sites for hydroxylation is 1. The van der Waals surface area contributed by atoms with Gasteiger partial charge in [-0.1, -0.05) is 0 Å². The van der Waals surface area contributed by atoms with Crippen molar-refractivity contribution in [3.8, 4) is 0 Å². The first-order valence-electron chi connectivity index (χ1n) is 6.69. The molecule has 1 saturated heterocycles. The van der Waals surface area contributed by atoms with Gasteiger partial charge in [0.25, 0.3) is 0 Å². The Hall–Kier alpha value is -0.870. The van der Waals surface area contributed by atoms with Crippen molar-refractivity contribution in [1.29, 1.82) is 0 Å². The summed E-state index contributed by atoms with van der Waals surface area (Å²) in [4.78, 5) is 2.53. The van der Waals surface area contributed by atoms with Gasteiger partial charge in [-0.15, -0.1) is 0 Å². The van der Waals surface area contributed by atoms with Crippen molar-refractivity contribution in [1.82, 2.24) is 14.7 Å². The van der Waals surface area contributed by atoms with Gasteiger partial charge in [-0.3, -0.25) is 9.58 Å². The molecular formula is C13H23N3O. The Kier molecular flexibility index (Phi) is 4.57. The normalized spacial score (nSPS) is 21.2. The third-order valence-electron chi connectivity index (χ3n) is 3.59. The van der Waals surface area contributed by atoms with E-state index in [1.807, 2.05) is 10.9 Å². The maximum Gasteiger partial charge on any atom is 0.0534 e. The van der Waals surface area contributed by atoms with Gasteiger partial charge < -0.3 is 5.11 Å². The third-order valence-corrected chi connectivity index (χ3v) is 3.59. The molecule has 0 aromatic carbocycles. The molecule has 1 aliphatic heterocycles. The van der Waals surface area contributed by atoms with Crippen LogP contribution in [0.4, 0.5) is 0 Å². The Balaban J connectivity index is 1.88. The van der Waals surface area contributed by atoms with Crippen molar-refractivity contribution in [2.75, 3.05) is 13.2 Å². The lowest BCUT2D eigenvalue weighted by molar-refractivity contribution is 0.210. The first-order valence-corrected chi connectivity index (χ1v) is 6.69. The zero-order valence-corrected chi connectivity index (χ0v) is 10.7. The molecule has 1 atom stereocenters. The van der Waals surface area contributed by atoms with Crippen molar-refractivity contribution >= 4 is 0 Å². The highest BCUT2D eigenvalue weighted by molar-refractivity contribution is 5.04. The van der Waals surface area contributed by atoms with E-state index in [2.05, 4.69) is 23.1 Å². The van der Waals surface area contributed by atoms with Crippen molar-refractivity contribution in [2.24, 2.45) is 0 Å². The minimum absolute atomic E-state index is 0.318. The van der Waals surface area contributed by atoms with Crippen LogP contribution in [0.3, 0.4) is 0 Å². The summed E-state index contributed by atoms with van der Waals surface area (Å²) >= 11 is 0. The molecule has 1 aromatic rings. The van der Waals surface area contributed by atoms with E-state index >= 15 is 0 Å². The summed E-state index contributed by atoms with van der Waals surface area (Å²) in [7, 11) is 0. The molecule has 0 amide bonds. The maximum absolute atomic E-state index is 8.91. The molecule has 1 unspecified atom stereocenters. The van der Waals surface area contributed by atoms with E-state index in [9.17, 15) is 0 Å². The summed E-state index contributed by atoms with van der Waals surface area (Å²) in [6.45, 7) is 5.56. The molecule has 1 aromatic heterocycles. The molecule has 4 nitrogen and oxygen atoms in total. The summed E-state index contributed by atoms with van der Waals surface area (Å²) in [5.41, 5.74) is 1.31. The summed E-state index contributed by atoms with van der Waals surface area (Å²) in [6, 6.07) is 0.659. The van der Waals surface area contributed by atoms with Gasteiger partial charge in [0.15, 0.2) is 0 Å². The number of nitrogens with zero attached hydrogens (tertiary/aromatic N) is 3. The minimum atomic E-state index is 0.318. The van der Waals surface area contributed by atoms with Crippen LogP contribution in [0.25, 0.3) is 0 Å². The quantitative estimate of drug-likeness (QED) is 0.818. The van der Waals surface area contributed by atoms with Crippen LogP contribution in [0.1, 0.15) is 38.2 Å². The van der Waals surface area contributed by atoms with Gasteiger partial charge in [-0.05, 0) is 39.2 Å². The molecule has 4 heteroatoms. The third kappa shape index (κ3) is 3.30. The van der Waals surface area contributed by atoms with Gasteiger partial charge in [-0.2, -0.15) is 5.10 Å². The van der Waals surface area contributed by atoms with E-state index in [1.54, 1.807) is 0 Å². The number of hydrogen-bond acceptors (Lipinski definition) is 3. The molecule has 0 aliphatic carbocycles. The molecule has 17 heavy (non-hydrogen) atoms. The van der Waals surface area contributed by atoms with Crippen LogP contribution in [0, 0.1) is 0 Å². The second kappa shape index (κ2) is 6.17. The molecule has 2 rings (SSSR count). The zero-order chi connectivity index (χ0) is 12.1. The number of aliphatic hydroxyl groups is 1. The topological polar surface area (TPSA) is 41.3 Å². The minimum Gasteiger partial charge on any atom is -0.396 e. The van der Waals surface area contributed by atoms with Gasteiger partial charge in [0, 0.05) is 37.5 Å². The van der Waals surface area contributed by atoms with E-state index < -0.39 is 0 Å². The van der Waals surface area contributed by atoms with Crippen LogP contribution in [0.5, 0.6) is 0 Å². The first-order chi connectivity index (χ1) is 8.33. The van der Waals surface area contributed by atoms with Crippen LogP contribution in [0.2, 0.25) is 0 Å². The number of aliphatic hydroxyl groups excluding tert-OH is 1. The fourth-order valence-electron chi connectivity index (χ4n) is 2.65. The van der Waals surface area contributed by atoms with Gasteiger partial charge in [0.2, 0.25) is 0 Å². The van der Waals surface area contributed by atoms with Crippen molar-refractivity contribution in [3.63, 3.8) is 0 Å². The molecule has 1 N–H and O–H groups in total. The Morgan fingerprint density at radius 1 is 1.53 bits per heavy atom. The lowest BCUT2D eigenvalue weighted by atomic mass is 10.1. The fraction of sp³-hybridized carbons (Fsp3) is 0.769. The molecule has 2 heterocycles. The van der Waals surface area contributed by atoms with Crippen LogP contribution < -0.4 is 0 Å². The van der Waals surface area contributed by atoms with Crippen LogP contribution in [0.15, 0.2) is 12.4 Å². The summed E-state index contributed by atoms with van der Waals surface area (Å²) in [6.07, 6.45) is 8.74. The molecule has 1 aliphatic rings. The van der Waals surface area contributed by atoms with E-state index in [0.717, 1.165) is 25.9 Å². The average molecular weight is 237 g/mol.